The van der Waals surface area contributed by atoms with Gasteiger partial charge in [-0.25, -0.2) is 4.39 Å². The predicted octanol–water partition coefficient (Wildman–Crippen LogP) is 3.81. The van der Waals surface area contributed by atoms with Crippen LogP contribution in [0.25, 0.3) is 0 Å². The molecule has 0 aliphatic heterocycles. The molecular weight excluding hydrogens is 233 g/mol. The van der Waals surface area contributed by atoms with E-state index in [4.69, 9.17) is 0 Å². The lowest BCUT2D eigenvalue weighted by Gasteiger charge is -2.17. The molecule has 2 aromatic rings. The molecule has 1 aromatic carbocycles. The van der Waals surface area contributed by atoms with Crippen molar-refractivity contribution in [3.8, 4) is 0 Å². The highest BCUT2D eigenvalue weighted by Crippen LogP contribution is 2.31. The molecule has 0 saturated heterocycles. The Kier molecular flexibility index (Phi) is 3.60. The topological polar surface area (TPSA) is 12.0 Å². The molecule has 1 aromatic heterocycles. The molecule has 1 heterocycles. The summed E-state index contributed by atoms with van der Waals surface area (Å²) in [6.45, 7) is 4.16. The Morgan fingerprint density at radius 3 is 2.41 bits per heavy atom. The molecule has 0 radical (unpaired) electrons. The highest BCUT2D eigenvalue weighted by molar-refractivity contribution is 7.12. The summed E-state index contributed by atoms with van der Waals surface area (Å²) in [7, 11) is 1.86. The molecule has 0 spiro atoms. The Morgan fingerprint density at radius 2 is 1.88 bits per heavy atom. The third-order valence-electron chi connectivity index (χ3n) is 2.90. The first-order valence-electron chi connectivity index (χ1n) is 5.62. The lowest BCUT2D eigenvalue weighted by molar-refractivity contribution is 0.576. The van der Waals surface area contributed by atoms with Crippen molar-refractivity contribution in [2.24, 2.45) is 0 Å². The van der Waals surface area contributed by atoms with Crippen LogP contribution >= 0.6 is 11.3 Å². The number of benzene rings is 1. The average molecular weight is 249 g/mol. The minimum Gasteiger partial charge on any atom is -0.309 e. The maximum Gasteiger partial charge on any atom is 0.128 e. The predicted molar refractivity (Wildman–Crippen MR) is 71.1 cm³/mol. The van der Waals surface area contributed by atoms with Gasteiger partial charge in [-0.3, -0.25) is 0 Å². The molecule has 1 atom stereocenters. The van der Waals surface area contributed by atoms with Crippen molar-refractivity contribution in [2.75, 3.05) is 7.05 Å². The molecule has 0 fully saturated rings. The van der Waals surface area contributed by atoms with E-state index in [0.29, 0.717) is 5.56 Å². The molecule has 0 saturated carbocycles. The van der Waals surface area contributed by atoms with E-state index >= 15 is 0 Å². The first kappa shape index (κ1) is 12.3. The van der Waals surface area contributed by atoms with Crippen molar-refractivity contribution in [1.29, 1.82) is 0 Å². The number of rotatable bonds is 3. The van der Waals surface area contributed by atoms with E-state index in [2.05, 4.69) is 25.2 Å². The van der Waals surface area contributed by atoms with Gasteiger partial charge < -0.3 is 5.32 Å². The van der Waals surface area contributed by atoms with Gasteiger partial charge >= 0.3 is 0 Å². The Bertz CT molecular complexity index is 519. The van der Waals surface area contributed by atoms with Gasteiger partial charge in [0.25, 0.3) is 0 Å². The molecule has 2 rings (SSSR count). The fourth-order valence-electron chi connectivity index (χ4n) is 2.12. The van der Waals surface area contributed by atoms with Crippen LogP contribution in [0.5, 0.6) is 0 Å². The SMILES string of the molecule is CNC(c1ccccc1F)c1cc(C)sc1C. The van der Waals surface area contributed by atoms with Crippen LogP contribution in [-0.4, -0.2) is 7.05 Å². The van der Waals surface area contributed by atoms with Crippen molar-refractivity contribution in [3.63, 3.8) is 0 Å². The normalized spacial score (nSPS) is 12.7. The van der Waals surface area contributed by atoms with Crippen LogP contribution in [0.15, 0.2) is 30.3 Å². The molecule has 0 aliphatic rings. The molecule has 0 aliphatic carbocycles. The van der Waals surface area contributed by atoms with E-state index in [0.717, 1.165) is 0 Å². The summed E-state index contributed by atoms with van der Waals surface area (Å²) in [5, 5.41) is 3.20. The molecule has 1 nitrogen and oxygen atoms in total. The van der Waals surface area contributed by atoms with E-state index in [1.165, 1.54) is 21.4 Å². The molecule has 0 bridgehead atoms. The van der Waals surface area contributed by atoms with Crippen molar-refractivity contribution in [3.05, 3.63) is 57.0 Å². The molecule has 1 N–H and O–H groups in total. The van der Waals surface area contributed by atoms with E-state index in [1.54, 1.807) is 17.4 Å². The van der Waals surface area contributed by atoms with Gasteiger partial charge in [0.05, 0.1) is 6.04 Å². The minimum absolute atomic E-state index is 0.0684. The van der Waals surface area contributed by atoms with E-state index in [1.807, 2.05) is 19.2 Å². The second-order valence-electron chi connectivity index (χ2n) is 4.11. The van der Waals surface area contributed by atoms with Gasteiger partial charge in [0, 0.05) is 15.3 Å². The summed E-state index contributed by atoms with van der Waals surface area (Å²) >= 11 is 1.75. The number of hydrogen-bond donors (Lipinski definition) is 1. The molecule has 90 valence electrons. The van der Waals surface area contributed by atoms with Gasteiger partial charge in [-0.15, -0.1) is 11.3 Å². The smallest absolute Gasteiger partial charge is 0.128 e. The quantitative estimate of drug-likeness (QED) is 0.872. The van der Waals surface area contributed by atoms with Crippen molar-refractivity contribution < 1.29 is 4.39 Å². The number of thiophene rings is 1. The number of halogens is 1. The maximum absolute atomic E-state index is 13.8. The summed E-state index contributed by atoms with van der Waals surface area (Å²) in [6, 6.07) is 9.00. The highest BCUT2D eigenvalue weighted by atomic mass is 32.1. The van der Waals surface area contributed by atoms with Gasteiger partial charge in [0.15, 0.2) is 0 Å². The van der Waals surface area contributed by atoms with Crippen LogP contribution in [-0.2, 0) is 0 Å². The van der Waals surface area contributed by atoms with Crippen LogP contribution in [0, 0.1) is 19.7 Å². The fraction of sp³-hybridized carbons (Fsp3) is 0.286. The Balaban J connectivity index is 2.47. The molecule has 17 heavy (non-hydrogen) atoms. The van der Waals surface area contributed by atoms with Crippen LogP contribution < -0.4 is 5.32 Å². The molecule has 3 heteroatoms. The molecular formula is C14H16FNS. The summed E-state index contributed by atoms with van der Waals surface area (Å²) < 4.78 is 13.8. The lowest BCUT2D eigenvalue weighted by Crippen LogP contribution is -2.19. The Hall–Kier alpha value is -1.19. The standard InChI is InChI=1S/C14H16FNS/c1-9-8-12(10(2)17-9)14(16-3)11-6-4-5-7-13(11)15/h4-8,14,16H,1-3H3. The zero-order valence-corrected chi connectivity index (χ0v) is 11.1. The number of aryl methyl sites for hydroxylation is 2. The third-order valence-corrected chi connectivity index (χ3v) is 3.88. The first-order valence-corrected chi connectivity index (χ1v) is 6.43. The lowest BCUT2D eigenvalue weighted by atomic mass is 9.99. The summed E-state index contributed by atoms with van der Waals surface area (Å²) in [5.41, 5.74) is 1.87. The van der Waals surface area contributed by atoms with Crippen LogP contribution in [0.4, 0.5) is 4.39 Å². The van der Waals surface area contributed by atoms with Crippen molar-refractivity contribution >= 4 is 11.3 Å². The molecule has 1 unspecified atom stereocenters. The zero-order valence-electron chi connectivity index (χ0n) is 10.3. The van der Waals surface area contributed by atoms with E-state index in [-0.39, 0.29) is 11.9 Å². The summed E-state index contributed by atoms with van der Waals surface area (Å²) in [6.07, 6.45) is 0. The number of nitrogens with one attached hydrogen (secondary N) is 1. The average Bonchev–Trinajstić information content (AvgIpc) is 2.62. The number of hydrogen-bond acceptors (Lipinski definition) is 2. The largest absolute Gasteiger partial charge is 0.309 e. The van der Waals surface area contributed by atoms with Crippen molar-refractivity contribution in [1.82, 2.24) is 5.32 Å². The first-order chi connectivity index (χ1) is 8.13. The monoisotopic (exact) mass is 249 g/mol. The second kappa shape index (κ2) is 4.98. The van der Waals surface area contributed by atoms with E-state index < -0.39 is 0 Å². The van der Waals surface area contributed by atoms with Crippen LogP contribution in [0.1, 0.15) is 26.9 Å². The van der Waals surface area contributed by atoms with Crippen LogP contribution in [0.2, 0.25) is 0 Å². The van der Waals surface area contributed by atoms with Gasteiger partial charge in [0.1, 0.15) is 5.82 Å². The Labute approximate surface area is 105 Å². The Morgan fingerprint density at radius 1 is 1.18 bits per heavy atom. The van der Waals surface area contributed by atoms with Gasteiger partial charge in [0.2, 0.25) is 0 Å². The summed E-state index contributed by atoms with van der Waals surface area (Å²) in [5.74, 6) is -0.157. The minimum atomic E-state index is -0.157. The van der Waals surface area contributed by atoms with E-state index in [9.17, 15) is 4.39 Å². The molecule has 0 amide bonds. The highest BCUT2D eigenvalue weighted by Gasteiger charge is 2.18. The van der Waals surface area contributed by atoms with Gasteiger partial charge in [-0.2, -0.15) is 0 Å². The van der Waals surface area contributed by atoms with Crippen LogP contribution in [0.3, 0.4) is 0 Å². The summed E-state index contributed by atoms with van der Waals surface area (Å²) in [4.78, 5) is 2.50. The van der Waals surface area contributed by atoms with Crippen molar-refractivity contribution in [2.45, 2.75) is 19.9 Å². The van der Waals surface area contributed by atoms with Gasteiger partial charge in [-0.05, 0) is 38.6 Å². The second-order valence-corrected chi connectivity index (χ2v) is 5.57. The third kappa shape index (κ3) is 2.40. The van der Waals surface area contributed by atoms with Gasteiger partial charge in [-0.1, -0.05) is 18.2 Å². The maximum atomic E-state index is 13.8. The fourth-order valence-corrected chi connectivity index (χ4v) is 3.09. The zero-order chi connectivity index (χ0) is 12.4.